The van der Waals surface area contributed by atoms with Crippen molar-refractivity contribution in [2.45, 2.75) is 109 Å². The Morgan fingerprint density at radius 1 is 0.737 bits per heavy atom. The van der Waals surface area contributed by atoms with E-state index in [2.05, 4.69) is 25.7 Å². The molecule has 0 aliphatic heterocycles. The first-order chi connectivity index (χ1) is 9.11. The standard InChI is InChI=1S/C18H35N/c1-4-5-16-19(17(2)12-8-6-9-13-17)18(3)14-10-7-11-15-18/h4-16H2,1-3H3. The van der Waals surface area contributed by atoms with Crippen LogP contribution in [0.25, 0.3) is 0 Å². The van der Waals surface area contributed by atoms with E-state index in [9.17, 15) is 0 Å². The minimum Gasteiger partial charge on any atom is -0.293 e. The van der Waals surface area contributed by atoms with Crippen LogP contribution in [0.1, 0.15) is 97.8 Å². The van der Waals surface area contributed by atoms with Gasteiger partial charge >= 0.3 is 0 Å². The lowest BCUT2D eigenvalue weighted by molar-refractivity contribution is -0.0443. The largest absolute Gasteiger partial charge is 0.293 e. The average Bonchev–Trinajstić information content (AvgIpc) is 2.40. The molecule has 2 aliphatic rings. The van der Waals surface area contributed by atoms with Gasteiger partial charge in [0.2, 0.25) is 0 Å². The van der Waals surface area contributed by atoms with Crippen molar-refractivity contribution in [1.29, 1.82) is 0 Å². The lowest BCUT2D eigenvalue weighted by atomic mass is 9.74. The van der Waals surface area contributed by atoms with E-state index in [1.807, 2.05) is 0 Å². The molecule has 0 spiro atoms. The van der Waals surface area contributed by atoms with Crippen molar-refractivity contribution in [3.8, 4) is 0 Å². The first-order valence-electron chi connectivity index (χ1n) is 8.88. The first-order valence-corrected chi connectivity index (χ1v) is 8.88. The van der Waals surface area contributed by atoms with Gasteiger partial charge in [-0.15, -0.1) is 0 Å². The van der Waals surface area contributed by atoms with Gasteiger partial charge in [-0.25, -0.2) is 0 Å². The van der Waals surface area contributed by atoms with E-state index in [0.717, 1.165) is 0 Å². The Morgan fingerprint density at radius 3 is 1.53 bits per heavy atom. The second kappa shape index (κ2) is 6.61. The van der Waals surface area contributed by atoms with Gasteiger partial charge in [-0.1, -0.05) is 51.9 Å². The fraction of sp³-hybridized carbons (Fsp3) is 1.00. The Hall–Kier alpha value is -0.0400. The van der Waals surface area contributed by atoms with Gasteiger partial charge in [0.15, 0.2) is 0 Å². The summed E-state index contributed by atoms with van der Waals surface area (Å²) >= 11 is 0. The molecule has 1 nitrogen and oxygen atoms in total. The second-order valence-corrected chi connectivity index (χ2v) is 7.62. The van der Waals surface area contributed by atoms with E-state index < -0.39 is 0 Å². The van der Waals surface area contributed by atoms with Crippen LogP contribution >= 0.6 is 0 Å². The molecule has 2 rings (SSSR count). The Balaban J connectivity index is 2.13. The fourth-order valence-electron chi connectivity index (χ4n) is 4.67. The molecular weight excluding hydrogens is 230 g/mol. The van der Waals surface area contributed by atoms with E-state index >= 15 is 0 Å². The van der Waals surface area contributed by atoms with Gasteiger partial charge in [0, 0.05) is 11.1 Å². The zero-order valence-corrected chi connectivity index (χ0v) is 13.6. The number of hydrogen-bond donors (Lipinski definition) is 0. The number of rotatable bonds is 5. The molecular formula is C18H35N. The molecule has 0 unspecified atom stereocenters. The van der Waals surface area contributed by atoms with Crippen molar-refractivity contribution >= 4 is 0 Å². The molecule has 112 valence electrons. The van der Waals surface area contributed by atoms with Crippen molar-refractivity contribution in [3.63, 3.8) is 0 Å². The van der Waals surface area contributed by atoms with Gasteiger partial charge in [-0.3, -0.25) is 4.90 Å². The van der Waals surface area contributed by atoms with Gasteiger partial charge in [0.1, 0.15) is 0 Å². The third-order valence-electron chi connectivity index (χ3n) is 5.90. The molecule has 0 aromatic rings. The van der Waals surface area contributed by atoms with Gasteiger partial charge in [-0.2, -0.15) is 0 Å². The Kier molecular flexibility index (Phi) is 5.34. The maximum atomic E-state index is 2.97. The molecule has 2 fully saturated rings. The van der Waals surface area contributed by atoms with Crippen molar-refractivity contribution < 1.29 is 0 Å². The lowest BCUT2D eigenvalue weighted by Gasteiger charge is -2.55. The molecule has 0 bridgehead atoms. The summed E-state index contributed by atoms with van der Waals surface area (Å²) in [6.07, 6.45) is 17.2. The summed E-state index contributed by atoms with van der Waals surface area (Å²) < 4.78 is 0. The normalized spacial score (nSPS) is 26.5. The van der Waals surface area contributed by atoms with Crippen LogP contribution in [-0.4, -0.2) is 22.5 Å². The SMILES string of the molecule is CCCCN(C1(C)CCCCC1)C1(C)CCCCC1. The van der Waals surface area contributed by atoms with Crippen LogP contribution in [0.15, 0.2) is 0 Å². The van der Waals surface area contributed by atoms with Crippen molar-refractivity contribution in [2.75, 3.05) is 6.54 Å². The molecule has 19 heavy (non-hydrogen) atoms. The minimum absolute atomic E-state index is 0.500. The van der Waals surface area contributed by atoms with Crippen LogP contribution in [-0.2, 0) is 0 Å². The maximum absolute atomic E-state index is 2.97. The topological polar surface area (TPSA) is 3.24 Å². The molecule has 0 aromatic heterocycles. The van der Waals surface area contributed by atoms with Crippen LogP contribution in [0, 0.1) is 0 Å². The van der Waals surface area contributed by atoms with Gasteiger partial charge in [-0.05, 0) is 52.5 Å². The maximum Gasteiger partial charge on any atom is 0.0186 e. The minimum atomic E-state index is 0.500. The lowest BCUT2D eigenvalue weighted by Crippen LogP contribution is -2.59. The molecule has 0 N–H and O–H groups in total. The van der Waals surface area contributed by atoms with E-state index in [4.69, 9.17) is 0 Å². The van der Waals surface area contributed by atoms with Gasteiger partial charge < -0.3 is 0 Å². The third kappa shape index (κ3) is 3.54. The summed E-state index contributed by atoms with van der Waals surface area (Å²) in [6.45, 7) is 8.82. The van der Waals surface area contributed by atoms with E-state index in [-0.39, 0.29) is 0 Å². The average molecular weight is 265 g/mol. The zero-order valence-electron chi connectivity index (χ0n) is 13.6. The van der Waals surface area contributed by atoms with Gasteiger partial charge in [0.25, 0.3) is 0 Å². The molecule has 0 heterocycles. The van der Waals surface area contributed by atoms with E-state index in [1.165, 1.54) is 83.6 Å². The highest BCUT2D eigenvalue weighted by Crippen LogP contribution is 2.43. The summed E-state index contributed by atoms with van der Waals surface area (Å²) in [5, 5.41) is 0. The van der Waals surface area contributed by atoms with Crippen molar-refractivity contribution in [1.82, 2.24) is 4.90 Å². The van der Waals surface area contributed by atoms with Crippen molar-refractivity contribution in [2.24, 2.45) is 0 Å². The molecule has 2 aliphatic carbocycles. The summed E-state index contributed by atoms with van der Waals surface area (Å²) in [5.41, 5.74) is 0.999. The Morgan fingerprint density at radius 2 is 1.16 bits per heavy atom. The molecule has 0 aromatic carbocycles. The Bertz CT molecular complexity index is 235. The zero-order chi connectivity index (χ0) is 13.8. The number of nitrogens with zero attached hydrogens (tertiary/aromatic N) is 1. The van der Waals surface area contributed by atoms with E-state index in [1.54, 1.807) is 0 Å². The fourth-order valence-corrected chi connectivity index (χ4v) is 4.67. The van der Waals surface area contributed by atoms with Crippen LogP contribution in [0.5, 0.6) is 0 Å². The summed E-state index contributed by atoms with van der Waals surface area (Å²) in [7, 11) is 0. The highest BCUT2D eigenvalue weighted by atomic mass is 15.3. The molecule has 1 heteroatoms. The van der Waals surface area contributed by atoms with Gasteiger partial charge in [0.05, 0.1) is 0 Å². The van der Waals surface area contributed by atoms with E-state index in [0.29, 0.717) is 11.1 Å². The second-order valence-electron chi connectivity index (χ2n) is 7.62. The molecule has 2 saturated carbocycles. The number of unbranched alkanes of at least 4 members (excludes halogenated alkanes) is 1. The van der Waals surface area contributed by atoms with Crippen LogP contribution in [0.3, 0.4) is 0 Å². The highest BCUT2D eigenvalue weighted by Gasteiger charge is 2.43. The predicted octanol–water partition coefficient (Wildman–Crippen LogP) is 5.53. The summed E-state index contributed by atoms with van der Waals surface area (Å²) in [6, 6.07) is 0. The monoisotopic (exact) mass is 265 g/mol. The smallest absolute Gasteiger partial charge is 0.0186 e. The van der Waals surface area contributed by atoms with Crippen LogP contribution in [0.2, 0.25) is 0 Å². The predicted molar refractivity (Wildman–Crippen MR) is 84.6 cm³/mol. The van der Waals surface area contributed by atoms with Crippen LogP contribution < -0.4 is 0 Å². The molecule has 0 amide bonds. The Labute approximate surface area is 121 Å². The molecule has 0 radical (unpaired) electrons. The number of hydrogen-bond acceptors (Lipinski definition) is 1. The quantitative estimate of drug-likeness (QED) is 0.631. The summed E-state index contributed by atoms with van der Waals surface area (Å²) in [4.78, 5) is 2.97. The molecule has 0 atom stereocenters. The third-order valence-corrected chi connectivity index (χ3v) is 5.90. The first kappa shape index (κ1) is 15.4. The van der Waals surface area contributed by atoms with Crippen LogP contribution in [0.4, 0.5) is 0 Å². The van der Waals surface area contributed by atoms with Crippen molar-refractivity contribution in [3.05, 3.63) is 0 Å². The molecule has 0 saturated heterocycles. The highest BCUT2D eigenvalue weighted by molar-refractivity contribution is 4.99. The summed E-state index contributed by atoms with van der Waals surface area (Å²) in [5.74, 6) is 0.